The normalized spacial score (nSPS) is 16.2. The predicted octanol–water partition coefficient (Wildman–Crippen LogP) is 4.56. The van der Waals surface area contributed by atoms with Gasteiger partial charge in [-0.15, -0.1) is 5.10 Å². The molecule has 4 aromatic rings. The summed E-state index contributed by atoms with van der Waals surface area (Å²) < 4.78 is 18.9. The van der Waals surface area contributed by atoms with Crippen LogP contribution in [-0.4, -0.2) is 50.4 Å². The molecule has 0 unspecified atom stereocenters. The van der Waals surface area contributed by atoms with Gasteiger partial charge in [-0.3, -0.25) is 9.69 Å². The van der Waals surface area contributed by atoms with Crippen LogP contribution >= 0.6 is 0 Å². The first-order chi connectivity index (χ1) is 19.1. The molecule has 0 bridgehead atoms. The first-order valence-electron chi connectivity index (χ1n) is 13.7. The zero-order chi connectivity index (χ0) is 26.8. The molecule has 0 saturated heterocycles. The number of rotatable bonds is 9. The maximum absolute atomic E-state index is 13.3. The maximum atomic E-state index is 13.3. The number of aromatic amines is 1. The summed E-state index contributed by atoms with van der Waals surface area (Å²) in [5, 5.41) is 13.9. The third-order valence-corrected chi connectivity index (χ3v) is 7.82. The number of hydrogen-bond donors (Lipinski definition) is 1. The molecule has 2 aromatic heterocycles. The first-order valence-corrected chi connectivity index (χ1v) is 13.7. The van der Waals surface area contributed by atoms with Crippen LogP contribution in [0.4, 0.5) is 0 Å². The van der Waals surface area contributed by atoms with Crippen molar-refractivity contribution in [1.29, 1.82) is 0 Å². The summed E-state index contributed by atoms with van der Waals surface area (Å²) in [5.74, 6) is 3.02. The topological polar surface area (TPSA) is 107 Å². The summed E-state index contributed by atoms with van der Waals surface area (Å²) in [4.78, 5) is 18.7. The van der Waals surface area contributed by atoms with Crippen molar-refractivity contribution in [2.75, 3.05) is 20.3 Å². The minimum Gasteiger partial charge on any atom is -0.497 e. The zero-order valence-electron chi connectivity index (χ0n) is 22.4. The van der Waals surface area contributed by atoms with Crippen LogP contribution in [0.1, 0.15) is 68.1 Å². The van der Waals surface area contributed by atoms with E-state index in [1.165, 1.54) is 12.8 Å². The van der Waals surface area contributed by atoms with Gasteiger partial charge in [-0.2, -0.15) is 0 Å². The number of hydrogen-bond acceptors (Lipinski definition) is 8. The molecule has 0 amide bonds. The fourth-order valence-electron chi connectivity index (χ4n) is 5.80. The molecule has 1 N–H and O–H groups in total. The van der Waals surface area contributed by atoms with Crippen molar-refractivity contribution in [1.82, 2.24) is 30.1 Å². The van der Waals surface area contributed by atoms with Crippen molar-refractivity contribution in [3.05, 3.63) is 69.8 Å². The van der Waals surface area contributed by atoms with E-state index in [0.29, 0.717) is 49.4 Å². The fraction of sp³-hybridized carbons (Fsp3) is 0.448. The molecule has 1 saturated carbocycles. The van der Waals surface area contributed by atoms with E-state index in [2.05, 4.69) is 44.5 Å². The van der Waals surface area contributed by atoms with Crippen LogP contribution in [0.3, 0.4) is 0 Å². The SMILES string of the molecule is CC[C@@H](c1nnnn1C1CCCC1)N(Cc1ccc(OC)cc1)Cc1cc2cc3c(cc2[nH]c1=O)OCCO3. The number of aromatic nitrogens is 5. The Hall–Kier alpha value is -3.92. The van der Waals surface area contributed by atoms with Gasteiger partial charge in [0.05, 0.1) is 24.7 Å². The second-order valence-corrected chi connectivity index (χ2v) is 10.3. The van der Waals surface area contributed by atoms with Crippen LogP contribution in [0, 0.1) is 0 Å². The highest BCUT2D eigenvalue weighted by Crippen LogP contribution is 2.35. The highest BCUT2D eigenvalue weighted by atomic mass is 16.6. The van der Waals surface area contributed by atoms with E-state index in [1.807, 2.05) is 35.0 Å². The zero-order valence-corrected chi connectivity index (χ0v) is 22.4. The summed E-state index contributed by atoms with van der Waals surface area (Å²) in [5.41, 5.74) is 2.40. The average molecular weight is 531 g/mol. The minimum absolute atomic E-state index is 0.0712. The van der Waals surface area contributed by atoms with E-state index in [-0.39, 0.29) is 11.6 Å². The predicted molar refractivity (Wildman–Crippen MR) is 146 cm³/mol. The van der Waals surface area contributed by atoms with Gasteiger partial charge in [0.25, 0.3) is 5.56 Å². The van der Waals surface area contributed by atoms with Crippen molar-refractivity contribution in [3.8, 4) is 17.2 Å². The minimum atomic E-state index is -0.121. The van der Waals surface area contributed by atoms with Crippen LogP contribution in [0.15, 0.2) is 47.3 Å². The van der Waals surface area contributed by atoms with Gasteiger partial charge in [0.1, 0.15) is 19.0 Å². The Morgan fingerprint density at radius 3 is 2.54 bits per heavy atom. The van der Waals surface area contributed by atoms with Crippen molar-refractivity contribution in [2.45, 2.75) is 64.2 Å². The Labute approximate surface area is 226 Å². The lowest BCUT2D eigenvalue weighted by molar-refractivity contribution is 0.158. The number of fused-ring (bicyclic) bond motifs is 2. The molecule has 1 fully saturated rings. The lowest BCUT2D eigenvalue weighted by Crippen LogP contribution is -2.32. The van der Waals surface area contributed by atoms with E-state index >= 15 is 0 Å². The van der Waals surface area contributed by atoms with Gasteiger partial charge in [-0.05, 0) is 59.5 Å². The largest absolute Gasteiger partial charge is 0.497 e. The van der Waals surface area contributed by atoms with Crippen LogP contribution in [0.25, 0.3) is 10.9 Å². The van der Waals surface area contributed by atoms with Crippen LogP contribution in [0.5, 0.6) is 17.2 Å². The summed E-state index contributed by atoms with van der Waals surface area (Å²) in [6.45, 7) is 4.21. The Bertz CT molecular complexity index is 1490. The molecule has 3 heterocycles. The average Bonchev–Trinajstić information content (AvgIpc) is 3.66. The quantitative estimate of drug-likeness (QED) is 0.336. The van der Waals surface area contributed by atoms with E-state index in [1.54, 1.807) is 7.11 Å². The number of H-pyrrole nitrogens is 1. The van der Waals surface area contributed by atoms with Gasteiger partial charge in [0.2, 0.25) is 0 Å². The van der Waals surface area contributed by atoms with E-state index in [9.17, 15) is 4.79 Å². The number of ether oxygens (including phenoxy) is 3. The van der Waals surface area contributed by atoms with Crippen molar-refractivity contribution >= 4 is 10.9 Å². The monoisotopic (exact) mass is 530 g/mol. The highest BCUT2D eigenvalue weighted by Gasteiger charge is 2.30. The Morgan fingerprint density at radius 2 is 1.82 bits per heavy atom. The van der Waals surface area contributed by atoms with Crippen LogP contribution < -0.4 is 19.8 Å². The molecule has 6 rings (SSSR count). The van der Waals surface area contributed by atoms with Gasteiger partial charge in [0.15, 0.2) is 17.3 Å². The smallest absolute Gasteiger partial charge is 0.252 e. The number of tetrazole rings is 1. The summed E-state index contributed by atoms with van der Waals surface area (Å²) >= 11 is 0. The molecule has 39 heavy (non-hydrogen) atoms. The molecule has 10 heteroatoms. The third-order valence-electron chi connectivity index (χ3n) is 7.82. The van der Waals surface area contributed by atoms with E-state index in [0.717, 1.165) is 47.3 Å². The molecular weight excluding hydrogens is 496 g/mol. The molecule has 2 aliphatic rings. The number of pyridine rings is 1. The van der Waals surface area contributed by atoms with Crippen LogP contribution in [0.2, 0.25) is 0 Å². The molecule has 10 nitrogen and oxygen atoms in total. The Kier molecular flexibility index (Phi) is 7.19. The van der Waals surface area contributed by atoms with Gasteiger partial charge in [-0.1, -0.05) is 31.9 Å². The molecule has 0 radical (unpaired) electrons. The fourth-order valence-corrected chi connectivity index (χ4v) is 5.80. The molecule has 1 aliphatic heterocycles. The van der Waals surface area contributed by atoms with Gasteiger partial charge < -0.3 is 19.2 Å². The van der Waals surface area contributed by atoms with E-state index in [4.69, 9.17) is 14.2 Å². The molecule has 2 aromatic carbocycles. The third kappa shape index (κ3) is 5.21. The van der Waals surface area contributed by atoms with Crippen molar-refractivity contribution in [3.63, 3.8) is 0 Å². The summed E-state index contributed by atoms with van der Waals surface area (Å²) in [7, 11) is 1.66. The number of nitrogens with one attached hydrogen (secondary N) is 1. The van der Waals surface area contributed by atoms with Gasteiger partial charge in [-0.25, -0.2) is 4.68 Å². The van der Waals surface area contributed by atoms with Crippen molar-refractivity contribution in [2.24, 2.45) is 0 Å². The van der Waals surface area contributed by atoms with Gasteiger partial charge >= 0.3 is 0 Å². The lowest BCUT2D eigenvalue weighted by Gasteiger charge is -2.31. The number of methoxy groups -OCH3 is 1. The number of nitrogens with zero attached hydrogens (tertiary/aromatic N) is 5. The number of benzene rings is 2. The van der Waals surface area contributed by atoms with Crippen LogP contribution in [-0.2, 0) is 13.1 Å². The molecule has 1 atom stereocenters. The second kappa shape index (κ2) is 11.1. The first kappa shape index (κ1) is 25.4. The molecule has 0 spiro atoms. The molecule has 1 aliphatic carbocycles. The molecule has 204 valence electrons. The summed E-state index contributed by atoms with van der Waals surface area (Å²) in [6.07, 6.45) is 5.37. The maximum Gasteiger partial charge on any atom is 0.252 e. The Morgan fingerprint density at radius 1 is 1.08 bits per heavy atom. The lowest BCUT2D eigenvalue weighted by atomic mass is 10.1. The Balaban J connectivity index is 1.37. The van der Waals surface area contributed by atoms with Crippen molar-refractivity contribution < 1.29 is 14.2 Å². The summed E-state index contributed by atoms with van der Waals surface area (Å²) in [6, 6.07) is 14.0. The second-order valence-electron chi connectivity index (χ2n) is 10.3. The standard InChI is InChI=1S/C29H34N6O4/c1-3-25(28-31-32-33-35(28)22-6-4-5-7-22)34(17-19-8-10-23(37-2)11-9-19)18-21-14-20-15-26-27(39-13-12-38-26)16-24(20)30-29(21)36/h8-11,14-16,22,25H,3-7,12-13,17-18H2,1-2H3,(H,30,36)/t25-/m0/s1. The van der Waals surface area contributed by atoms with E-state index < -0.39 is 0 Å². The highest BCUT2D eigenvalue weighted by molar-refractivity contribution is 5.83. The molecular formula is C29H34N6O4. The van der Waals surface area contributed by atoms with Gasteiger partial charge in [0, 0.05) is 30.1 Å².